The Morgan fingerprint density at radius 1 is 1.05 bits per heavy atom. The topological polar surface area (TPSA) is 101 Å². The highest BCUT2D eigenvalue weighted by Crippen LogP contribution is 2.48. The second-order valence-corrected chi connectivity index (χ2v) is 11.7. The van der Waals surface area contributed by atoms with Crippen molar-refractivity contribution in [3.05, 3.63) is 71.8 Å². The number of fused-ring (bicyclic) bond motifs is 1. The Kier molecular flexibility index (Phi) is 7.74. The fourth-order valence-corrected chi connectivity index (χ4v) is 5.17. The number of benzene rings is 2. The Hall–Kier alpha value is -4.01. The third-order valence-corrected chi connectivity index (χ3v) is 7.52. The number of carbonyl (C=O) groups excluding carboxylic acids is 3. The van der Waals surface area contributed by atoms with Crippen molar-refractivity contribution in [1.82, 2.24) is 15.2 Å². The van der Waals surface area contributed by atoms with Gasteiger partial charge in [-0.05, 0) is 93.2 Å². The molecule has 40 heavy (non-hydrogen) atoms. The van der Waals surface area contributed by atoms with Crippen LogP contribution in [0.1, 0.15) is 61.9 Å². The first kappa shape index (κ1) is 27.6. The minimum Gasteiger partial charge on any atom is -0.444 e. The quantitative estimate of drug-likeness (QED) is 0.426. The zero-order valence-electron chi connectivity index (χ0n) is 23.1. The van der Waals surface area contributed by atoms with Crippen molar-refractivity contribution in [2.45, 2.75) is 51.6 Å². The second kappa shape index (κ2) is 11.2. The lowest BCUT2D eigenvalue weighted by Gasteiger charge is -2.33. The van der Waals surface area contributed by atoms with Crippen LogP contribution in [-0.4, -0.2) is 53.0 Å². The number of nitrogens with one attached hydrogen (secondary N) is 2. The molecule has 2 atom stereocenters. The lowest BCUT2D eigenvalue weighted by atomic mass is 9.97. The maximum atomic E-state index is 14.9. The Morgan fingerprint density at radius 3 is 2.55 bits per heavy atom. The van der Waals surface area contributed by atoms with Crippen molar-refractivity contribution in [3.8, 4) is 0 Å². The summed E-state index contributed by atoms with van der Waals surface area (Å²) in [5.74, 6) is -1.27. The van der Waals surface area contributed by atoms with Crippen LogP contribution in [0.25, 0.3) is 10.8 Å². The van der Waals surface area contributed by atoms with E-state index in [0.29, 0.717) is 37.3 Å². The lowest BCUT2D eigenvalue weighted by molar-refractivity contribution is -0.117. The van der Waals surface area contributed by atoms with Gasteiger partial charge >= 0.3 is 6.09 Å². The Balaban J connectivity index is 1.10. The van der Waals surface area contributed by atoms with E-state index in [1.807, 2.05) is 45.0 Å². The minimum absolute atomic E-state index is 0.0118. The fraction of sp³-hybridized carbons (Fsp3) is 0.419. The molecule has 2 heterocycles. The highest BCUT2D eigenvalue weighted by Gasteiger charge is 2.44. The van der Waals surface area contributed by atoms with Gasteiger partial charge in [-0.2, -0.15) is 0 Å². The molecule has 2 N–H and O–H groups in total. The lowest BCUT2D eigenvalue weighted by Crippen LogP contribution is -2.43. The van der Waals surface area contributed by atoms with E-state index in [9.17, 15) is 18.8 Å². The van der Waals surface area contributed by atoms with Crippen LogP contribution in [0.4, 0.5) is 14.9 Å². The summed E-state index contributed by atoms with van der Waals surface area (Å²) in [4.78, 5) is 43.5. The standard InChI is InChI=1S/C31H35FN4O4/c1-31(2,3)40-30(39)36-12-9-19(10-13-36)17-34-28(37)24-7-5-21(15-27(24)32)25-16-26(25)29(38)35-23-6-4-22-18-33-11-8-20(22)14-23/h4-8,11,14-15,18-19,25-26H,9-10,12-13,16-17H2,1-3H3,(H,34,37)(H,35,38)/t25-,26+/m0/s1. The van der Waals surface area contributed by atoms with Crippen LogP contribution in [0, 0.1) is 17.7 Å². The number of anilines is 1. The molecular formula is C31H35FN4O4. The predicted molar refractivity (Wildman–Crippen MR) is 150 cm³/mol. The molecule has 1 aromatic heterocycles. The minimum atomic E-state index is -0.594. The number of pyridine rings is 1. The van der Waals surface area contributed by atoms with E-state index in [4.69, 9.17) is 4.74 Å². The molecule has 2 fully saturated rings. The summed E-state index contributed by atoms with van der Waals surface area (Å²) in [6.45, 7) is 7.05. The first-order valence-electron chi connectivity index (χ1n) is 13.8. The molecule has 0 unspecified atom stereocenters. The molecule has 3 aromatic rings. The number of carbonyl (C=O) groups is 3. The van der Waals surface area contributed by atoms with Gasteiger partial charge in [0.2, 0.25) is 5.91 Å². The zero-order chi connectivity index (χ0) is 28.4. The molecule has 9 heteroatoms. The molecule has 210 valence electrons. The van der Waals surface area contributed by atoms with Crippen molar-refractivity contribution >= 4 is 34.4 Å². The van der Waals surface area contributed by atoms with E-state index >= 15 is 0 Å². The van der Waals surface area contributed by atoms with Gasteiger partial charge in [-0.3, -0.25) is 14.6 Å². The molecule has 0 spiro atoms. The normalized spacial score (nSPS) is 19.2. The van der Waals surface area contributed by atoms with Crippen LogP contribution in [0.3, 0.4) is 0 Å². The summed E-state index contributed by atoms with van der Waals surface area (Å²) in [7, 11) is 0. The van der Waals surface area contributed by atoms with Gasteiger partial charge in [-0.25, -0.2) is 9.18 Å². The first-order valence-corrected chi connectivity index (χ1v) is 13.8. The number of hydrogen-bond acceptors (Lipinski definition) is 5. The molecule has 1 aliphatic heterocycles. The number of nitrogens with zero attached hydrogens (tertiary/aromatic N) is 2. The number of amides is 3. The summed E-state index contributed by atoms with van der Waals surface area (Å²) in [5.41, 5.74) is 0.878. The SMILES string of the molecule is CC(C)(C)OC(=O)N1CCC(CNC(=O)c2ccc([C@@H]3C[C@H]3C(=O)Nc3ccc4cnccc4c3)cc2F)CC1. The smallest absolute Gasteiger partial charge is 0.410 e. The third-order valence-electron chi connectivity index (χ3n) is 7.52. The molecule has 1 saturated carbocycles. The van der Waals surface area contributed by atoms with Crippen LogP contribution in [0.15, 0.2) is 54.9 Å². The molecule has 3 amide bonds. The molecule has 2 aromatic carbocycles. The predicted octanol–water partition coefficient (Wildman–Crippen LogP) is 5.49. The molecule has 5 rings (SSSR count). The summed E-state index contributed by atoms with van der Waals surface area (Å²) >= 11 is 0. The number of piperidine rings is 1. The van der Waals surface area contributed by atoms with Crippen LogP contribution in [0.2, 0.25) is 0 Å². The number of ether oxygens (including phenoxy) is 1. The van der Waals surface area contributed by atoms with Gasteiger partial charge in [0.15, 0.2) is 0 Å². The number of hydrogen-bond donors (Lipinski definition) is 2. The van der Waals surface area contributed by atoms with E-state index in [0.717, 1.165) is 23.6 Å². The highest BCUT2D eigenvalue weighted by atomic mass is 19.1. The molecule has 1 aliphatic carbocycles. The Bertz CT molecular complexity index is 1430. The zero-order valence-corrected chi connectivity index (χ0v) is 23.1. The average molecular weight is 547 g/mol. The van der Waals surface area contributed by atoms with Gasteiger partial charge in [0, 0.05) is 49.0 Å². The van der Waals surface area contributed by atoms with E-state index in [1.54, 1.807) is 23.4 Å². The third kappa shape index (κ3) is 6.58. The molecule has 1 saturated heterocycles. The van der Waals surface area contributed by atoms with Gasteiger partial charge in [0.25, 0.3) is 5.91 Å². The number of aromatic nitrogens is 1. The number of halogens is 1. The maximum Gasteiger partial charge on any atom is 0.410 e. The fourth-order valence-electron chi connectivity index (χ4n) is 5.17. The molecule has 0 bridgehead atoms. The van der Waals surface area contributed by atoms with Crippen molar-refractivity contribution < 1.29 is 23.5 Å². The Labute approximate surface area is 233 Å². The summed E-state index contributed by atoms with van der Waals surface area (Å²) < 4.78 is 20.4. The van der Waals surface area contributed by atoms with Crippen molar-refractivity contribution in [1.29, 1.82) is 0 Å². The van der Waals surface area contributed by atoms with Gasteiger partial charge in [0.05, 0.1) is 5.56 Å². The van der Waals surface area contributed by atoms with E-state index in [2.05, 4.69) is 15.6 Å². The molecule has 0 radical (unpaired) electrons. The van der Waals surface area contributed by atoms with E-state index < -0.39 is 17.3 Å². The largest absolute Gasteiger partial charge is 0.444 e. The van der Waals surface area contributed by atoms with Crippen LogP contribution >= 0.6 is 0 Å². The van der Waals surface area contributed by atoms with E-state index in [1.165, 1.54) is 12.1 Å². The van der Waals surface area contributed by atoms with Crippen molar-refractivity contribution in [2.24, 2.45) is 11.8 Å². The van der Waals surface area contributed by atoms with Crippen LogP contribution in [0.5, 0.6) is 0 Å². The van der Waals surface area contributed by atoms with Gasteiger partial charge < -0.3 is 20.3 Å². The number of rotatable bonds is 6. The molecule has 2 aliphatic rings. The average Bonchev–Trinajstić information content (AvgIpc) is 3.72. The van der Waals surface area contributed by atoms with Crippen LogP contribution in [-0.2, 0) is 9.53 Å². The maximum absolute atomic E-state index is 14.9. The first-order chi connectivity index (χ1) is 19.1. The van der Waals surface area contributed by atoms with E-state index in [-0.39, 0.29) is 35.3 Å². The Morgan fingerprint density at radius 2 is 1.82 bits per heavy atom. The van der Waals surface area contributed by atoms with Crippen molar-refractivity contribution in [2.75, 3.05) is 25.0 Å². The second-order valence-electron chi connectivity index (χ2n) is 11.7. The number of likely N-dealkylation sites (tertiary alicyclic amines) is 1. The monoisotopic (exact) mass is 546 g/mol. The van der Waals surface area contributed by atoms with Crippen molar-refractivity contribution in [3.63, 3.8) is 0 Å². The summed E-state index contributed by atoms with van der Waals surface area (Å²) in [6, 6.07) is 12.2. The molecule has 8 nitrogen and oxygen atoms in total. The molecular weight excluding hydrogens is 511 g/mol. The summed E-state index contributed by atoms with van der Waals surface area (Å²) in [6.07, 6.45) is 5.27. The van der Waals surface area contributed by atoms with Gasteiger partial charge in [-0.15, -0.1) is 0 Å². The van der Waals surface area contributed by atoms with Gasteiger partial charge in [-0.1, -0.05) is 12.1 Å². The summed E-state index contributed by atoms with van der Waals surface area (Å²) in [5, 5.41) is 7.78. The van der Waals surface area contributed by atoms with Gasteiger partial charge in [0.1, 0.15) is 11.4 Å². The van der Waals surface area contributed by atoms with Crippen LogP contribution < -0.4 is 10.6 Å². The highest BCUT2D eigenvalue weighted by molar-refractivity contribution is 5.97.